The highest BCUT2D eigenvalue weighted by molar-refractivity contribution is 6.34. The molecule has 1 saturated carbocycles. The fourth-order valence-electron chi connectivity index (χ4n) is 6.82. The lowest BCUT2D eigenvalue weighted by Gasteiger charge is -2.32. The molecule has 1 atom stereocenters. The summed E-state index contributed by atoms with van der Waals surface area (Å²) in [6.07, 6.45) is 9.54. The summed E-state index contributed by atoms with van der Waals surface area (Å²) in [6, 6.07) is 9.69. The normalized spacial score (nSPS) is 17.5. The van der Waals surface area contributed by atoms with Gasteiger partial charge >= 0.3 is 17.9 Å². The monoisotopic (exact) mass is 826 g/mol. The molecule has 1 unspecified atom stereocenters. The van der Waals surface area contributed by atoms with Gasteiger partial charge in [-0.1, -0.05) is 57.7 Å². The molecule has 1 aliphatic carbocycles. The van der Waals surface area contributed by atoms with E-state index in [0.29, 0.717) is 5.56 Å². The number of ether oxygens (including phenoxy) is 8. The Morgan fingerprint density at radius 1 is 0.797 bits per heavy atom. The minimum absolute atomic E-state index is 0.00590. The second kappa shape index (κ2) is 23.9. The van der Waals surface area contributed by atoms with Crippen molar-refractivity contribution in [1.29, 1.82) is 0 Å². The summed E-state index contributed by atoms with van der Waals surface area (Å²) < 4.78 is 59.4. The van der Waals surface area contributed by atoms with Crippen molar-refractivity contribution < 1.29 is 66.3 Å². The lowest BCUT2D eigenvalue weighted by Crippen LogP contribution is -2.45. The Hall–Kier alpha value is -4.50. The maximum Gasteiger partial charge on any atom is 0.374 e. The molecule has 4 rings (SSSR count). The molecule has 0 radical (unpaired) electrons. The Morgan fingerprint density at radius 3 is 1.98 bits per heavy atom. The second-order valence-corrected chi connectivity index (χ2v) is 15.5. The van der Waals surface area contributed by atoms with E-state index < -0.39 is 60.2 Å². The molecule has 0 spiro atoms. The Bertz CT molecular complexity index is 1710. The summed E-state index contributed by atoms with van der Waals surface area (Å²) in [5.74, 6) is -4.10. The Morgan fingerprint density at radius 2 is 1.42 bits per heavy atom. The SMILES string of the molecule is C=C(C)C(=O)Oc1cc(OCC(COC(=O)C(=O)CCOC)(COC(=O)C(=O)CCOC)COC2CO2)ccc1-c1ccc(C2CCC(CCCCCC)CC2)cc1F. The van der Waals surface area contributed by atoms with Crippen LogP contribution in [0.15, 0.2) is 48.6 Å². The van der Waals surface area contributed by atoms with Gasteiger partial charge in [-0.3, -0.25) is 9.59 Å². The van der Waals surface area contributed by atoms with Gasteiger partial charge in [0.15, 0.2) is 6.29 Å². The highest BCUT2D eigenvalue weighted by atomic mass is 19.1. The first-order chi connectivity index (χ1) is 28.4. The van der Waals surface area contributed by atoms with Crippen LogP contribution in [0.5, 0.6) is 11.5 Å². The van der Waals surface area contributed by atoms with Gasteiger partial charge in [-0.2, -0.15) is 0 Å². The van der Waals surface area contributed by atoms with E-state index in [-0.39, 0.29) is 74.4 Å². The molecule has 2 aromatic carbocycles. The van der Waals surface area contributed by atoms with E-state index in [9.17, 15) is 24.0 Å². The van der Waals surface area contributed by atoms with Gasteiger partial charge in [0.05, 0.1) is 25.2 Å². The van der Waals surface area contributed by atoms with Crippen molar-refractivity contribution in [3.8, 4) is 22.6 Å². The number of halogens is 1. The van der Waals surface area contributed by atoms with Crippen LogP contribution in [-0.4, -0.2) is 96.2 Å². The molecule has 0 bridgehead atoms. The van der Waals surface area contributed by atoms with E-state index in [4.69, 9.17) is 37.9 Å². The number of carbonyl (C=O) groups excluding carboxylic acids is 5. The Kier molecular flexibility index (Phi) is 19.1. The maximum atomic E-state index is 16.0. The van der Waals surface area contributed by atoms with Gasteiger partial charge in [0.2, 0.25) is 11.6 Å². The predicted molar refractivity (Wildman–Crippen MR) is 214 cm³/mol. The molecule has 0 aromatic heterocycles. The van der Waals surface area contributed by atoms with Gasteiger partial charge in [-0.05, 0) is 68.2 Å². The lowest BCUT2D eigenvalue weighted by molar-refractivity contribution is -0.168. The van der Waals surface area contributed by atoms with Gasteiger partial charge in [-0.25, -0.2) is 18.8 Å². The van der Waals surface area contributed by atoms with Crippen molar-refractivity contribution in [2.24, 2.45) is 11.3 Å². The molecular formula is C45H59FO13. The van der Waals surface area contributed by atoms with E-state index >= 15 is 4.39 Å². The first-order valence-electron chi connectivity index (χ1n) is 20.4. The average molecular weight is 827 g/mol. The fourth-order valence-corrected chi connectivity index (χ4v) is 6.82. The van der Waals surface area contributed by atoms with Crippen LogP contribution in [-0.2, 0) is 52.4 Å². The third kappa shape index (κ3) is 15.2. The molecule has 13 nitrogen and oxygen atoms in total. The number of carbonyl (C=O) groups is 5. The molecule has 1 saturated heterocycles. The quantitative estimate of drug-likeness (QED) is 0.0221. The van der Waals surface area contributed by atoms with Gasteiger partial charge in [-0.15, -0.1) is 0 Å². The van der Waals surface area contributed by atoms with Crippen LogP contribution in [0.3, 0.4) is 0 Å². The van der Waals surface area contributed by atoms with E-state index in [1.807, 2.05) is 6.07 Å². The average Bonchev–Trinajstić information content (AvgIpc) is 4.08. The zero-order chi connectivity index (χ0) is 42.8. The van der Waals surface area contributed by atoms with Crippen LogP contribution >= 0.6 is 0 Å². The van der Waals surface area contributed by atoms with Crippen LogP contribution in [0.4, 0.5) is 4.39 Å². The molecule has 1 aliphatic heterocycles. The molecule has 14 heteroatoms. The first-order valence-corrected chi connectivity index (χ1v) is 20.4. The van der Waals surface area contributed by atoms with Crippen LogP contribution in [0.2, 0.25) is 0 Å². The van der Waals surface area contributed by atoms with Crippen LogP contribution in [0.25, 0.3) is 11.1 Å². The highest BCUT2D eigenvalue weighted by Gasteiger charge is 2.40. The van der Waals surface area contributed by atoms with E-state index in [1.165, 1.54) is 59.3 Å². The predicted octanol–water partition coefficient (Wildman–Crippen LogP) is 7.25. The van der Waals surface area contributed by atoms with Crippen molar-refractivity contribution in [2.75, 3.05) is 60.5 Å². The van der Waals surface area contributed by atoms with E-state index in [2.05, 4.69) is 13.5 Å². The van der Waals surface area contributed by atoms with E-state index in [0.717, 1.165) is 37.2 Å². The number of methoxy groups -OCH3 is 2. The van der Waals surface area contributed by atoms with Crippen molar-refractivity contribution in [3.63, 3.8) is 0 Å². The first kappa shape index (κ1) is 47.2. The number of Topliss-reactive ketones (excluding diaryl/α,β-unsaturated/α-hetero) is 2. The number of hydrogen-bond acceptors (Lipinski definition) is 13. The van der Waals surface area contributed by atoms with Gasteiger partial charge in [0.25, 0.3) is 0 Å². The van der Waals surface area contributed by atoms with Crippen LogP contribution < -0.4 is 9.47 Å². The van der Waals surface area contributed by atoms with E-state index in [1.54, 1.807) is 24.3 Å². The number of ketones is 2. The van der Waals surface area contributed by atoms with Crippen molar-refractivity contribution in [2.45, 2.75) is 96.7 Å². The molecule has 0 N–H and O–H groups in total. The van der Waals surface area contributed by atoms with Crippen LogP contribution in [0, 0.1) is 17.2 Å². The summed E-state index contributed by atoms with van der Waals surface area (Å²) in [7, 11) is 2.76. The van der Waals surface area contributed by atoms with Crippen molar-refractivity contribution in [1.82, 2.24) is 0 Å². The standard InChI is InChI=1S/C45H59FO13/c1-6-7-8-9-10-31-11-13-32(14-12-31)33-15-17-35(37(46)23-33)36-18-16-34(24-40(36)59-42(49)30(2)3)55-26-45(27-56-41-25-54-41,28-57-43(50)38(47)19-21-52-4)29-58-44(51)39(48)20-22-53-5/h15-18,23-24,31-32,41H,2,6-14,19-22,25-29H2,1,3-5H3. The number of epoxide rings is 1. The number of esters is 3. The molecule has 1 heterocycles. The molecule has 2 fully saturated rings. The second-order valence-electron chi connectivity index (χ2n) is 15.5. The lowest BCUT2D eigenvalue weighted by atomic mass is 9.77. The molecule has 0 amide bonds. The molecule has 59 heavy (non-hydrogen) atoms. The topological polar surface area (TPSA) is 162 Å². The minimum atomic E-state index is -1.48. The Labute approximate surface area is 346 Å². The number of unbranched alkanes of at least 4 members (excludes halogenated alkanes) is 3. The van der Waals surface area contributed by atoms with Crippen molar-refractivity contribution >= 4 is 29.5 Å². The number of benzene rings is 2. The third-order valence-corrected chi connectivity index (χ3v) is 10.5. The highest BCUT2D eigenvalue weighted by Crippen LogP contribution is 2.41. The zero-order valence-electron chi connectivity index (χ0n) is 34.8. The van der Waals surface area contributed by atoms with Gasteiger partial charge < -0.3 is 37.9 Å². The smallest absolute Gasteiger partial charge is 0.374 e. The van der Waals surface area contributed by atoms with Crippen LogP contribution in [0.1, 0.15) is 96.0 Å². The molecule has 2 aromatic rings. The number of hydrogen-bond donors (Lipinski definition) is 0. The summed E-state index contributed by atoms with van der Waals surface area (Å²) in [4.78, 5) is 62.9. The number of rotatable bonds is 27. The molecule has 324 valence electrons. The summed E-state index contributed by atoms with van der Waals surface area (Å²) >= 11 is 0. The van der Waals surface area contributed by atoms with Gasteiger partial charge in [0.1, 0.15) is 43.7 Å². The molecular weight excluding hydrogens is 767 g/mol. The third-order valence-electron chi connectivity index (χ3n) is 10.5. The largest absolute Gasteiger partial charge is 0.493 e. The zero-order valence-corrected chi connectivity index (χ0v) is 34.8. The molecule has 2 aliphatic rings. The summed E-state index contributed by atoms with van der Waals surface area (Å²) in [5, 5.41) is 0. The van der Waals surface area contributed by atoms with Gasteiger partial charge in [0, 0.05) is 49.8 Å². The summed E-state index contributed by atoms with van der Waals surface area (Å²) in [6.45, 7) is 5.95. The minimum Gasteiger partial charge on any atom is -0.493 e. The fraction of sp³-hybridized carbons (Fsp3) is 0.578. The summed E-state index contributed by atoms with van der Waals surface area (Å²) in [5.41, 5.74) is 0.0784. The maximum absolute atomic E-state index is 16.0. The van der Waals surface area contributed by atoms with Crippen molar-refractivity contribution in [3.05, 3.63) is 59.9 Å². The Balaban J connectivity index is 1.57.